The lowest BCUT2D eigenvalue weighted by molar-refractivity contribution is -0.118. The number of methoxy groups -OCH3 is 1. The third-order valence-corrected chi connectivity index (χ3v) is 3.15. The maximum absolute atomic E-state index is 11.7. The lowest BCUT2D eigenvalue weighted by atomic mass is 10.2. The predicted octanol–water partition coefficient (Wildman–Crippen LogP) is 1.87. The van der Waals surface area contributed by atoms with Crippen molar-refractivity contribution in [1.29, 1.82) is 0 Å². The van der Waals surface area contributed by atoms with Crippen molar-refractivity contribution in [2.45, 2.75) is 0 Å². The van der Waals surface area contributed by atoms with Crippen LogP contribution >= 0.6 is 11.3 Å². The molecule has 7 nitrogen and oxygen atoms in total. The quantitative estimate of drug-likeness (QED) is 0.845. The summed E-state index contributed by atoms with van der Waals surface area (Å²) in [7, 11) is 1.45. The van der Waals surface area contributed by atoms with Crippen LogP contribution in [0.1, 0.15) is 10.4 Å². The molecule has 0 fully saturated rings. The summed E-state index contributed by atoms with van der Waals surface area (Å²) in [6, 6.07) is 4.28. The highest BCUT2D eigenvalue weighted by molar-refractivity contribution is 7.13. The van der Waals surface area contributed by atoms with Gasteiger partial charge in [0.2, 0.25) is 0 Å². The van der Waals surface area contributed by atoms with E-state index in [0.717, 1.165) is 0 Å². The van der Waals surface area contributed by atoms with Crippen molar-refractivity contribution >= 4 is 28.3 Å². The fourth-order valence-electron chi connectivity index (χ4n) is 1.51. The van der Waals surface area contributed by atoms with E-state index < -0.39 is 11.9 Å². The zero-order valence-electron chi connectivity index (χ0n) is 11.0. The highest BCUT2D eigenvalue weighted by Gasteiger charge is 2.14. The van der Waals surface area contributed by atoms with Gasteiger partial charge >= 0.3 is 5.97 Å². The Hall–Kier alpha value is -2.61. The molecule has 0 saturated heterocycles. The summed E-state index contributed by atoms with van der Waals surface area (Å²) in [5.74, 6) is -1.07. The van der Waals surface area contributed by atoms with E-state index in [1.807, 2.05) is 0 Å². The Morgan fingerprint density at radius 2 is 2.24 bits per heavy atom. The van der Waals surface area contributed by atoms with Gasteiger partial charge in [-0.1, -0.05) is 0 Å². The van der Waals surface area contributed by atoms with E-state index in [1.54, 1.807) is 11.6 Å². The molecule has 1 heterocycles. The van der Waals surface area contributed by atoms with E-state index in [9.17, 15) is 9.59 Å². The first kappa shape index (κ1) is 14.8. The summed E-state index contributed by atoms with van der Waals surface area (Å²) in [6.45, 7) is -0.326. The molecule has 0 radical (unpaired) electrons. The summed E-state index contributed by atoms with van der Waals surface area (Å²) < 4.78 is 10.3. The molecule has 0 spiro atoms. The lowest BCUT2D eigenvalue weighted by Crippen LogP contribution is -2.20. The highest BCUT2D eigenvalue weighted by atomic mass is 32.1. The Morgan fingerprint density at radius 1 is 1.43 bits per heavy atom. The maximum atomic E-state index is 11.7. The molecule has 1 aromatic heterocycles. The van der Waals surface area contributed by atoms with Crippen molar-refractivity contribution in [3.8, 4) is 11.5 Å². The molecule has 8 heteroatoms. The normalized spacial score (nSPS) is 9.95. The maximum Gasteiger partial charge on any atom is 0.339 e. The van der Waals surface area contributed by atoms with E-state index in [2.05, 4.69) is 10.3 Å². The van der Waals surface area contributed by atoms with Crippen LogP contribution in [0.5, 0.6) is 11.5 Å². The SMILES string of the molecule is COc1ccc(C(=O)O)c(OCC(=O)Nc2nccs2)c1. The van der Waals surface area contributed by atoms with Gasteiger partial charge in [-0.3, -0.25) is 10.1 Å². The van der Waals surface area contributed by atoms with Crippen LogP contribution in [-0.2, 0) is 4.79 Å². The average Bonchev–Trinajstić information content (AvgIpc) is 2.97. The molecule has 1 amide bonds. The van der Waals surface area contributed by atoms with Gasteiger partial charge in [-0.25, -0.2) is 9.78 Å². The van der Waals surface area contributed by atoms with E-state index in [4.69, 9.17) is 14.6 Å². The molecule has 110 valence electrons. The van der Waals surface area contributed by atoms with Gasteiger partial charge in [0.05, 0.1) is 7.11 Å². The van der Waals surface area contributed by atoms with E-state index >= 15 is 0 Å². The van der Waals surface area contributed by atoms with Crippen molar-refractivity contribution in [1.82, 2.24) is 4.98 Å². The first-order chi connectivity index (χ1) is 10.1. The molecule has 21 heavy (non-hydrogen) atoms. The number of ether oxygens (including phenoxy) is 2. The summed E-state index contributed by atoms with van der Waals surface area (Å²) >= 11 is 1.27. The largest absolute Gasteiger partial charge is 0.497 e. The second kappa shape index (κ2) is 6.71. The first-order valence-electron chi connectivity index (χ1n) is 5.83. The van der Waals surface area contributed by atoms with Gasteiger partial charge in [-0.15, -0.1) is 11.3 Å². The predicted molar refractivity (Wildman–Crippen MR) is 76.2 cm³/mol. The third kappa shape index (κ3) is 3.93. The van der Waals surface area contributed by atoms with E-state index in [1.165, 1.54) is 36.6 Å². The van der Waals surface area contributed by atoms with Crippen molar-refractivity contribution < 1.29 is 24.2 Å². The van der Waals surface area contributed by atoms with E-state index in [0.29, 0.717) is 10.9 Å². The molecule has 0 bridgehead atoms. The molecular formula is C13H12N2O5S. The molecule has 0 aliphatic heterocycles. The summed E-state index contributed by atoms with van der Waals surface area (Å²) in [5, 5.41) is 13.8. The topological polar surface area (TPSA) is 97.8 Å². The minimum absolute atomic E-state index is 0.0437. The number of anilines is 1. The zero-order valence-corrected chi connectivity index (χ0v) is 11.8. The molecule has 0 saturated carbocycles. The Kier molecular flexibility index (Phi) is 4.72. The van der Waals surface area contributed by atoms with Crippen LogP contribution in [0.4, 0.5) is 5.13 Å². The average molecular weight is 308 g/mol. The smallest absolute Gasteiger partial charge is 0.339 e. The van der Waals surface area contributed by atoms with Crippen molar-refractivity contribution in [3.63, 3.8) is 0 Å². The van der Waals surface area contributed by atoms with Gasteiger partial charge in [0.15, 0.2) is 11.7 Å². The molecule has 0 aliphatic rings. The monoisotopic (exact) mass is 308 g/mol. The number of thiazole rings is 1. The van der Waals surface area contributed by atoms with Crippen LogP contribution < -0.4 is 14.8 Å². The van der Waals surface area contributed by atoms with Crippen LogP contribution in [0, 0.1) is 0 Å². The summed E-state index contributed by atoms with van der Waals surface area (Å²) in [6.07, 6.45) is 1.56. The number of carboxylic acid groups (broad SMARTS) is 1. The van der Waals surface area contributed by atoms with Gasteiger partial charge < -0.3 is 14.6 Å². The van der Waals surface area contributed by atoms with Gasteiger partial charge in [0, 0.05) is 17.6 Å². The van der Waals surface area contributed by atoms with Crippen molar-refractivity contribution in [2.24, 2.45) is 0 Å². The molecule has 0 aliphatic carbocycles. The third-order valence-electron chi connectivity index (χ3n) is 2.46. The molecule has 2 N–H and O–H groups in total. The van der Waals surface area contributed by atoms with Gasteiger partial charge in [-0.05, 0) is 12.1 Å². The molecule has 1 aromatic carbocycles. The molecule has 0 atom stereocenters. The Bertz CT molecular complexity index is 642. The highest BCUT2D eigenvalue weighted by Crippen LogP contribution is 2.25. The fourth-order valence-corrected chi connectivity index (χ4v) is 2.05. The van der Waals surface area contributed by atoms with Crippen LogP contribution in [0.2, 0.25) is 0 Å². The number of hydrogen-bond donors (Lipinski definition) is 2. The van der Waals surface area contributed by atoms with E-state index in [-0.39, 0.29) is 17.9 Å². The number of carbonyl (C=O) groups is 2. The Labute approximate surface area is 124 Å². The molecule has 2 rings (SSSR count). The van der Waals surface area contributed by atoms with Crippen LogP contribution in [0.3, 0.4) is 0 Å². The summed E-state index contributed by atoms with van der Waals surface area (Å²) in [5.41, 5.74) is -0.0437. The van der Waals surface area contributed by atoms with Gasteiger partial charge in [0.25, 0.3) is 5.91 Å². The van der Waals surface area contributed by atoms with Crippen molar-refractivity contribution in [3.05, 3.63) is 35.3 Å². The molecular weight excluding hydrogens is 296 g/mol. The van der Waals surface area contributed by atoms with Crippen LogP contribution in [0.15, 0.2) is 29.8 Å². The van der Waals surface area contributed by atoms with Crippen molar-refractivity contribution in [2.75, 3.05) is 19.0 Å². The number of nitrogens with zero attached hydrogens (tertiary/aromatic N) is 1. The number of carbonyl (C=O) groups excluding carboxylic acids is 1. The number of hydrogen-bond acceptors (Lipinski definition) is 6. The van der Waals surface area contributed by atoms with Crippen LogP contribution in [0.25, 0.3) is 0 Å². The summed E-state index contributed by atoms with van der Waals surface area (Å²) in [4.78, 5) is 26.7. The Balaban J connectivity index is 2.04. The van der Waals surface area contributed by atoms with Gasteiger partial charge in [-0.2, -0.15) is 0 Å². The number of aromatic nitrogens is 1. The lowest BCUT2D eigenvalue weighted by Gasteiger charge is -2.10. The first-order valence-corrected chi connectivity index (χ1v) is 6.71. The number of nitrogens with one attached hydrogen (secondary N) is 1. The Morgan fingerprint density at radius 3 is 2.86 bits per heavy atom. The number of amides is 1. The van der Waals surface area contributed by atoms with Gasteiger partial charge in [0.1, 0.15) is 17.1 Å². The minimum atomic E-state index is -1.15. The molecule has 2 aromatic rings. The zero-order chi connectivity index (χ0) is 15.2. The minimum Gasteiger partial charge on any atom is -0.497 e. The van der Waals surface area contributed by atoms with Crippen LogP contribution in [-0.4, -0.2) is 35.7 Å². The number of carboxylic acids is 1. The number of rotatable bonds is 6. The number of aromatic carboxylic acids is 1. The fraction of sp³-hybridized carbons (Fsp3) is 0.154. The standard InChI is InChI=1S/C13H12N2O5S/c1-19-8-2-3-9(12(17)18)10(6-8)20-7-11(16)15-13-14-4-5-21-13/h2-6H,7H2,1H3,(H,17,18)(H,14,15,16). The second-order valence-electron chi connectivity index (χ2n) is 3.84. The second-order valence-corrected chi connectivity index (χ2v) is 4.74. The number of benzene rings is 1. The molecule has 0 unspecified atom stereocenters.